The fourth-order valence-corrected chi connectivity index (χ4v) is 3.63. The number of amides is 3. The first-order valence-electron chi connectivity index (χ1n) is 9.39. The van der Waals surface area contributed by atoms with Crippen molar-refractivity contribution < 1.29 is 9.59 Å². The van der Waals surface area contributed by atoms with Crippen molar-refractivity contribution in [3.05, 3.63) is 29.8 Å². The Bertz CT molecular complexity index is 639. The first-order chi connectivity index (χ1) is 12.2. The van der Waals surface area contributed by atoms with Crippen molar-refractivity contribution in [2.45, 2.75) is 31.7 Å². The Hall–Kier alpha value is -1.79. The van der Waals surface area contributed by atoms with E-state index in [2.05, 4.69) is 10.6 Å². The van der Waals surface area contributed by atoms with Crippen molar-refractivity contribution in [2.24, 2.45) is 5.92 Å². The molecule has 4 rings (SSSR count). The maximum atomic E-state index is 12.7. The molecule has 1 aliphatic carbocycles. The lowest BCUT2D eigenvalue weighted by atomic mass is 10.0. The Morgan fingerprint density at radius 2 is 1.77 bits per heavy atom. The van der Waals surface area contributed by atoms with Gasteiger partial charge in [-0.1, -0.05) is 0 Å². The number of hydrogen-bond donors (Lipinski definition) is 2. The number of carbonyl (C=O) groups excluding carboxylic acids is 2. The molecule has 3 fully saturated rings. The first kappa shape index (κ1) is 19.0. The van der Waals surface area contributed by atoms with E-state index in [-0.39, 0.29) is 24.3 Å². The number of carbonyl (C=O) groups is 2. The molecule has 26 heavy (non-hydrogen) atoms. The van der Waals surface area contributed by atoms with Gasteiger partial charge in [-0.3, -0.25) is 9.69 Å². The molecule has 1 aromatic rings. The van der Waals surface area contributed by atoms with Crippen LogP contribution in [0.25, 0.3) is 0 Å². The van der Waals surface area contributed by atoms with E-state index in [1.54, 1.807) is 4.90 Å². The number of likely N-dealkylation sites (tertiary alicyclic amines) is 1. The van der Waals surface area contributed by atoms with Crippen LogP contribution in [0.15, 0.2) is 24.3 Å². The van der Waals surface area contributed by atoms with Crippen LogP contribution in [0.5, 0.6) is 0 Å². The molecule has 3 amide bonds. The molecule has 2 heterocycles. The predicted octanol–water partition coefficient (Wildman–Crippen LogP) is 2.24. The molecule has 0 unspecified atom stereocenters. The van der Waals surface area contributed by atoms with E-state index in [0.29, 0.717) is 24.7 Å². The van der Waals surface area contributed by atoms with Crippen LogP contribution in [-0.2, 0) is 0 Å². The smallest absolute Gasteiger partial charge is 0.321 e. The molecule has 1 saturated carbocycles. The monoisotopic (exact) mass is 378 g/mol. The van der Waals surface area contributed by atoms with Gasteiger partial charge in [0.05, 0.1) is 0 Å². The molecule has 2 saturated heterocycles. The Kier molecular flexibility index (Phi) is 6.04. The van der Waals surface area contributed by atoms with Gasteiger partial charge in [-0.2, -0.15) is 0 Å². The number of benzene rings is 1. The van der Waals surface area contributed by atoms with Crippen LogP contribution in [-0.4, -0.2) is 55.6 Å². The minimum atomic E-state index is -0.0696. The summed E-state index contributed by atoms with van der Waals surface area (Å²) >= 11 is 0. The zero-order valence-electron chi connectivity index (χ0n) is 14.9. The fourth-order valence-electron chi connectivity index (χ4n) is 3.63. The lowest BCUT2D eigenvalue weighted by Gasteiger charge is -2.32. The summed E-state index contributed by atoms with van der Waals surface area (Å²) in [5.41, 5.74) is 1.54. The third-order valence-electron chi connectivity index (χ3n) is 5.46. The highest BCUT2D eigenvalue weighted by molar-refractivity contribution is 5.97. The Morgan fingerprint density at radius 3 is 2.35 bits per heavy atom. The van der Waals surface area contributed by atoms with E-state index in [1.165, 1.54) is 12.8 Å². The van der Waals surface area contributed by atoms with Crippen LogP contribution in [0.3, 0.4) is 0 Å². The summed E-state index contributed by atoms with van der Waals surface area (Å²) < 4.78 is 0. The fraction of sp³-hybridized carbons (Fsp3) is 0.579. The van der Waals surface area contributed by atoms with Gasteiger partial charge in [-0.05, 0) is 62.4 Å². The average molecular weight is 379 g/mol. The number of nitrogens with one attached hydrogen (secondary N) is 2. The first-order valence-corrected chi connectivity index (χ1v) is 9.39. The second-order valence-corrected chi connectivity index (χ2v) is 7.35. The van der Waals surface area contributed by atoms with Gasteiger partial charge in [0.1, 0.15) is 0 Å². The van der Waals surface area contributed by atoms with Gasteiger partial charge in [-0.15, -0.1) is 12.4 Å². The Balaban J connectivity index is 0.00000196. The number of anilines is 1. The predicted molar refractivity (Wildman–Crippen MR) is 104 cm³/mol. The number of halogens is 1. The van der Waals surface area contributed by atoms with Crippen molar-refractivity contribution in [1.82, 2.24) is 15.5 Å². The van der Waals surface area contributed by atoms with Gasteiger partial charge in [-0.25, -0.2) is 4.79 Å². The summed E-state index contributed by atoms with van der Waals surface area (Å²) in [6.07, 6.45) is 4.81. The lowest BCUT2D eigenvalue weighted by molar-refractivity contribution is 0.0705. The quantitative estimate of drug-likeness (QED) is 0.825. The van der Waals surface area contributed by atoms with Crippen molar-refractivity contribution in [1.29, 1.82) is 0 Å². The number of urea groups is 1. The number of rotatable bonds is 5. The Labute approximate surface area is 160 Å². The molecule has 3 aliphatic rings. The van der Waals surface area contributed by atoms with Crippen molar-refractivity contribution >= 4 is 30.0 Å². The van der Waals surface area contributed by atoms with E-state index < -0.39 is 0 Å². The molecule has 6 nitrogen and oxygen atoms in total. The largest absolute Gasteiger partial charge is 0.339 e. The summed E-state index contributed by atoms with van der Waals surface area (Å²) in [5, 5.41) is 6.43. The molecule has 0 bridgehead atoms. The van der Waals surface area contributed by atoms with Gasteiger partial charge in [0.15, 0.2) is 0 Å². The molecular formula is C19H27ClN4O2. The van der Waals surface area contributed by atoms with Gasteiger partial charge >= 0.3 is 6.03 Å². The molecule has 0 atom stereocenters. The van der Waals surface area contributed by atoms with E-state index in [4.69, 9.17) is 0 Å². The van der Waals surface area contributed by atoms with Crippen LogP contribution in [0.4, 0.5) is 10.5 Å². The highest BCUT2D eigenvalue weighted by Crippen LogP contribution is 2.28. The molecule has 0 spiro atoms. The highest BCUT2D eigenvalue weighted by Gasteiger charge is 2.27. The summed E-state index contributed by atoms with van der Waals surface area (Å²) in [5.74, 6) is 0.994. The van der Waals surface area contributed by atoms with Crippen LogP contribution in [0, 0.1) is 5.92 Å². The van der Waals surface area contributed by atoms with E-state index >= 15 is 0 Å². The molecular weight excluding hydrogens is 352 g/mol. The number of hydrogen-bond acceptors (Lipinski definition) is 3. The summed E-state index contributed by atoms with van der Waals surface area (Å²) in [6.45, 7) is 4.12. The van der Waals surface area contributed by atoms with Gasteiger partial charge in [0.2, 0.25) is 0 Å². The highest BCUT2D eigenvalue weighted by atomic mass is 35.5. The zero-order valence-corrected chi connectivity index (χ0v) is 15.8. The molecule has 142 valence electrons. The summed E-state index contributed by atoms with van der Waals surface area (Å²) in [7, 11) is 0. The zero-order chi connectivity index (χ0) is 17.2. The summed E-state index contributed by atoms with van der Waals surface area (Å²) in [4.78, 5) is 28.0. The third kappa shape index (κ3) is 4.30. The van der Waals surface area contributed by atoms with Crippen LogP contribution < -0.4 is 15.5 Å². The van der Waals surface area contributed by atoms with Crippen LogP contribution >= 0.6 is 12.4 Å². The van der Waals surface area contributed by atoms with Gasteiger partial charge < -0.3 is 15.5 Å². The maximum absolute atomic E-state index is 12.7. The van der Waals surface area contributed by atoms with Gasteiger partial charge in [0.25, 0.3) is 5.91 Å². The third-order valence-corrected chi connectivity index (χ3v) is 5.46. The van der Waals surface area contributed by atoms with E-state index in [0.717, 1.165) is 44.1 Å². The topological polar surface area (TPSA) is 64.7 Å². The SMILES string of the molecule is Cl.O=C(c1ccc(N2CCNC2=O)cc1)N1CCC(NCC2CC2)CC1. The standard InChI is InChI=1S/C19H26N4O2.ClH/c24-18(22-10-7-16(8-11-22)21-13-14-1-2-14)15-3-5-17(6-4-15)23-12-9-20-19(23)25;/h3-6,14,16,21H,1-2,7-13H2,(H,20,25);1H. The van der Waals surface area contributed by atoms with Gasteiger partial charge in [0, 0.05) is 43.5 Å². The lowest BCUT2D eigenvalue weighted by Crippen LogP contribution is -2.45. The molecule has 2 N–H and O–H groups in total. The maximum Gasteiger partial charge on any atom is 0.321 e. The molecule has 1 aromatic carbocycles. The second kappa shape index (κ2) is 8.27. The van der Waals surface area contributed by atoms with E-state index in [9.17, 15) is 9.59 Å². The Morgan fingerprint density at radius 1 is 1.08 bits per heavy atom. The minimum absolute atomic E-state index is 0. The normalized spacial score (nSPS) is 20.7. The van der Waals surface area contributed by atoms with Crippen LogP contribution in [0.2, 0.25) is 0 Å². The summed E-state index contributed by atoms with van der Waals surface area (Å²) in [6, 6.07) is 7.88. The van der Waals surface area contributed by atoms with Crippen molar-refractivity contribution in [3.63, 3.8) is 0 Å². The number of piperidine rings is 1. The second-order valence-electron chi connectivity index (χ2n) is 7.35. The molecule has 0 aromatic heterocycles. The molecule has 2 aliphatic heterocycles. The van der Waals surface area contributed by atoms with E-state index in [1.807, 2.05) is 29.2 Å². The molecule has 7 heteroatoms. The minimum Gasteiger partial charge on any atom is -0.339 e. The number of nitrogens with zero attached hydrogens (tertiary/aromatic N) is 2. The molecule has 0 radical (unpaired) electrons. The van der Waals surface area contributed by atoms with Crippen molar-refractivity contribution in [3.8, 4) is 0 Å². The van der Waals surface area contributed by atoms with Crippen molar-refractivity contribution in [2.75, 3.05) is 37.6 Å². The average Bonchev–Trinajstić information content (AvgIpc) is 3.39. The van der Waals surface area contributed by atoms with Crippen LogP contribution in [0.1, 0.15) is 36.0 Å².